The number of aromatic nitrogens is 4. The maximum atomic E-state index is 12.9. The average molecular weight is 339 g/mol. The Morgan fingerprint density at radius 2 is 1.80 bits per heavy atom. The number of hydrogen-bond acceptors (Lipinski definition) is 5. The number of aromatic carboxylic acids is 1. The third-order valence-corrected chi connectivity index (χ3v) is 4.32. The third kappa shape index (κ3) is 2.36. The van der Waals surface area contributed by atoms with Crippen LogP contribution >= 0.6 is 0 Å². The number of carbonyl (C=O) groups excluding carboxylic acids is 1. The maximum absolute atomic E-state index is 12.9. The van der Waals surface area contributed by atoms with Gasteiger partial charge in [0.25, 0.3) is 11.5 Å². The quantitative estimate of drug-likeness (QED) is 0.624. The van der Waals surface area contributed by atoms with Gasteiger partial charge in [0.05, 0.1) is 11.9 Å². The second kappa shape index (κ2) is 5.55. The molecule has 0 unspecified atom stereocenters. The van der Waals surface area contributed by atoms with Crippen LogP contribution in [0.4, 0.5) is 0 Å². The molecule has 0 radical (unpaired) electrons. The monoisotopic (exact) mass is 339 g/mol. The number of H-pyrrole nitrogens is 2. The van der Waals surface area contributed by atoms with Gasteiger partial charge in [-0.15, -0.1) is 0 Å². The lowest BCUT2D eigenvalue weighted by Gasteiger charge is -2.26. The first kappa shape index (κ1) is 15.1. The van der Waals surface area contributed by atoms with Crippen LogP contribution in [0.25, 0.3) is 10.8 Å². The smallest absolute Gasteiger partial charge is 0.356 e. The number of rotatable bonds is 2. The van der Waals surface area contributed by atoms with E-state index in [2.05, 4.69) is 20.4 Å². The lowest BCUT2D eigenvalue weighted by Crippen LogP contribution is -2.37. The van der Waals surface area contributed by atoms with Gasteiger partial charge in [0.15, 0.2) is 11.4 Å². The molecule has 0 saturated heterocycles. The Balaban J connectivity index is 1.73. The summed E-state index contributed by atoms with van der Waals surface area (Å²) in [6, 6.07) is 6.73. The van der Waals surface area contributed by atoms with E-state index >= 15 is 0 Å². The molecule has 0 atom stereocenters. The molecule has 0 fully saturated rings. The van der Waals surface area contributed by atoms with Gasteiger partial charge in [0.1, 0.15) is 0 Å². The Labute approximate surface area is 140 Å². The van der Waals surface area contributed by atoms with Crippen molar-refractivity contribution >= 4 is 22.6 Å². The summed E-state index contributed by atoms with van der Waals surface area (Å²) >= 11 is 0. The number of carboxylic acid groups (broad SMARTS) is 1. The molecule has 9 nitrogen and oxygen atoms in total. The summed E-state index contributed by atoms with van der Waals surface area (Å²) in [6.07, 6.45) is 0.475. The van der Waals surface area contributed by atoms with Crippen LogP contribution < -0.4 is 5.56 Å². The minimum atomic E-state index is -1.14. The van der Waals surface area contributed by atoms with Crippen molar-refractivity contribution in [1.82, 2.24) is 25.3 Å². The van der Waals surface area contributed by atoms with Gasteiger partial charge in [-0.1, -0.05) is 18.2 Å². The van der Waals surface area contributed by atoms with Crippen LogP contribution in [0.5, 0.6) is 0 Å². The highest BCUT2D eigenvalue weighted by atomic mass is 16.4. The van der Waals surface area contributed by atoms with E-state index in [4.69, 9.17) is 0 Å². The van der Waals surface area contributed by atoms with Crippen LogP contribution in [0.15, 0.2) is 29.1 Å². The summed E-state index contributed by atoms with van der Waals surface area (Å²) in [7, 11) is 0. The summed E-state index contributed by atoms with van der Waals surface area (Å²) in [4.78, 5) is 37.5. The van der Waals surface area contributed by atoms with Gasteiger partial charge in [0.2, 0.25) is 0 Å². The molecule has 3 aromatic rings. The summed E-state index contributed by atoms with van der Waals surface area (Å²) in [5, 5.41) is 22.8. The number of carboxylic acids is 1. The molecular formula is C16H13N5O4. The molecule has 2 aromatic heterocycles. The molecule has 0 spiro atoms. The number of hydrogen-bond donors (Lipinski definition) is 3. The van der Waals surface area contributed by atoms with Crippen LogP contribution in [-0.2, 0) is 13.0 Å². The van der Waals surface area contributed by atoms with Gasteiger partial charge in [-0.3, -0.25) is 14.7 Å². The zero-order valence-corrected chi connectivity index (χ0v) is 12.9. The Kier molecular flexibility index (Phi) is 3.34. The number of amides is 1. The molecule has 3 N–H and O–H groups in total. The van der Waals surface area contributed by atoms with Crippen LogP contribution in [-0.4, -0.2) is 48.8 Å². The molecule has 25 heavy (non-hydrogen) atoms. The summed E-state index contributed by atoms with van der Waals surface area (Å²) in [5.41, 5.74) is 0.920. The molecule has 0 saturated carbocycles. The predicted octanol–water partition coefficient (Wildman–Crippen LogP) is 0.543. The van der Waals surface area contributed by atoms with Gasteiger partial charge in [0, 0.05) is 29.6 Å². The molecule has 9 heteroatoms. The van der Waals surface area contributed by atoms with Gasteiger partial charge >= 0.3 is 5.97 Å². The van der Waals surface area contributed by atoms with E-state index in [-0.39, 0.29) is 29.4 Å². The van der Waals surface area contributed by atoms with Crippen LogP contribution in [0.3, 0.4) is 0 Å². The third-order valence-electron chi connectivity index (χ3n) is 4.32. The Morgan fingerprint density at radius 3 is 2.56 bits per heavy atom. The number of fused-ring (bicyclic) bond motifs is 2. The van der Waals surface area contributed by atoms with Crippen molar-refractivity contribution in [1.29, 1.82) is 0 Å². The lowest BCUT2D eigenvalue weighted by atomic mass is 10.0. The lowest BCUT2D eigenvalue weighted by molar-refractivity contribution is 0.0673. The van der Waals surface area contributed by atoms with Crippen molar-refractivity contribution in [3.8, 4) is 0 Å². The zero-order chi connectivity index (χ0) is 17.6. The topological polar surface area (TPSA) is 132 Å². The van der Waals surface area contributed by atoms with E-state index in [0.717, 1.165) is 5.69 Å². The van der Waals surface area contributed by atoms with Crippen LogP contribution in [0.1, 0.15) is 32.2 Å². The van der Waals surface area contributed by atoms with Crippen molar-refractivity contribution in [2.75, 3.05) is 6.54 Å². The largest absolute Gasteiger partial charge is 0.476 e. The Hall–Kier alpha value is -3.49. The standard InChI is InChI=1S/C16H13N5O4/c22-14-9-4-2-1-3-8(9)12(18-20-14)15(23)21-6-5-11-10(7-21)13(16(24)25)19-17-11/h1-4H,5-7H2,(H,17,19)(H,20,22)(H,24,25). The number of nitrogens with zero attached hydrogens (tertiary/aromatic N) is 3. The normalized spacial score (nSPS) is 13.7. The molecule has 1 amide bonds. The van der Waals surface area contributed by atoms with Crippen molar-refractivity contribution in [3.63, 3.8) is 0 Å². The minimum Gasteiger partial charge on any atom is -0.476 e. The zero-order valence-electron chi connectivity index (χ0n) is 12.9. The number of nitrogens with one attached hydrogen (secondary N) is 2. The number of carbonyl (C=O) groups is 2. The minimum absolute atomic E-state index is 0.0771. The van der Waals surface area contributed by atoms with Crippen molar-refractivity contribution < 1.29 is 14.7 Å². The predicted molar refractivity (Wildman–Crippen MR) is 86.4 cm³/mol. The fraction of sp³-hybridized carbons (Fsp3) is 0.188. The van der Waals surface area contributed by atoms with Gasteiger partial charge in [-0.25, -0.2) is 9.89 Å². The highest BCUT2D eigenvalue weighted by Crippen LogP contribution is 2.23. The fourth-order valence-electron chi connectivity index (χ4n) is 3.07. The molecule has 0 bridgehead atoms. The number of benzene rings is 1. The maximum Gasteiger partial charge on any atom is 0.356 e. The molecule has 0 aliphatic carbocycles. The Morgan fingerprint density at radius 1 is 1.08 bits per heavy atom. The van der Waals surface area contributed by atoms with Crippen LogP contribution in [0.2, 0.25) is 0 Å². The molecular weight excluding hydrogens is 326 g/mol. The van der Waals surface area contributed by atoms with E-state index in [0.29, 0.717) is 29.3 Å². The SMILES string of the molecule is O=C(O)c1n[nH]c2c1CN(C(=O)c1n[nH]c(=O)c3ccccc13)CC2. The van der Waals surface area contributed by atoms with Gasteiger partial charge in [-0.05, 0) is 6.07 Å². The summed E-state index contributed by atoms with van der Waals surface area (Å²) < 4.78 is 0. The van der Waals surface area contributed by atoms with Crippen molar-refractivity contribution in [3.05, 3.63) is 57.3 Å². The van der Waals surface area contributed by atoms with E-state index in [9.17, 15) is 19.5 Å². The molecule has 3 heterocycles. The second-order valence-corrected chi connectivity index (χ2v) is 5.76. The number of aromatic amines is 2. The first-order chi connectivity index (χ1) is 12.1. The first-order valence-electron chi connectivity index (χ1n) is 7.62. The highest BCUT2D eigenvalue weighted by molar-refractivity contribution is 6.04. The van der Waals surface area contributed by atoms with Gasteiger partial charge < -0.3 is 10.0 Å². The summed E-state index contributed by atoms with van der Waals surface area (Å²) in [5.74, 6) is -1.50. The van der Waals surface area contributed by atoms with Crippen molar-refractivity contribution in [2.45, 2.75) is 13.0 Å². The Bertz CT molecular complexity index is 1070. The van der Waals surface area contributed by atoms with E-state index in [1.54, 1.807) is 24.3 Å². The van der Waals surface area contributed by atoms with Gasteiger partial charge in [-0.2, -0.15) is 10.2 Å². The fourth-order valence-corrected chi connectivity index (χ4v) is 3.07. The van der Waals surface area contributed by atoms with Crippen LogP contribution in [0, 0.1) is 0 Å². The highest BCUT2D eigenvalue weighted by Gasteiger charge is 2.29. The van der Waals surface area contributed by atoms with Crippen molar-refractivity contribution in [2.24, 2.45) is 0 Å². The molecule has 1 aromatic carbocycles. The second-order valence-electron chi connectivity index (χ2n) is 5.76. The molecule has 1 aliphatic rings. The summed E-state index contributed by atoms with van der Waals surface area (Å²) in [6.45, 7) is 0.531. The molecule has 1 aliphatic heterocycles. The van der Waals surface area contributed by atoms with E-state index in [1.807, 2.05) is 0 Å². The molecule has 126 valence electrons. The first-order valence-corrected chi connectivity index (χ1v) is 7.62. The molecule has 4 rings (SSSR count). The average Bonchev–Trinajstić information content (AvgIpc) is 3.05. The van der Waals surface area contributed by atoms with E-state index in [1.165, 1.54) is 4.90 Å². The van der Waals surface area contributed by atoms with E-state index < -0.39 is 5.97 Å².